The van der Waals surface area contributed by atoms with Gasteiger partial charge in [-0.1, -0.05) is 37.3 Å². The molecule has 1 aliphatic rings. The topological polar surface area (TPSA) is 70.8 Å². The van der Waals surface area contributed by atoms with Crippen LogP contribution in [0.4, 0.5) is 0 Å². The molecule has 0 bridgehead atoms. The molecule has 1 amide bonds. The van der Waals surface area contributed by atoms with Gasteiger partial charge >= 0.3 is 5.97 Å². The fourth-order valence-electron chi connectivity index (χ4n) is 3.25. The Labute approximate surface area is 134 Å². The molecule has 23 heavy (non-hydrogen) atoms. The van der Waals surface area contributed by atoms with Crippen LogP contribution < -0.4 is 0 Å². The highest BCUT2D eigenvalue weighted by molar-refractivity contribution is 5.93. The Bertz CT molecular complexity index is 707. The van der Waals surface area contributed by atoms with Crippen LogP contribution in [0.3, 0.4) is 0 Å². The number of carbonyl (C=O) groups is 2. The second-order valence-corrected chi connectivity index (χ2v) is 6.00. The van der Waals surface area contributed by atoms with Crippen molar-refractivity contribution in [3.8, 4) is 0 Å². The molecule has 0 spiro atoms. The van der Waals surface area contributed by atoms with Gasteiger partial charge < -0.3 is 14.4 Å². The van der Waals surface area contributed by atoms with Crippen LogP contribution >= 0.6 is 0 Å². The number of likely N-dealkylation sites (tertiary alicyclic amines) is 1. The second-order valence-electron chi connectivity index (χ2n) is 6.00. The summed E-state index contributed by atoms with van der Waals surface area (Å²) in [5, 5.41) is 8.87. The molecule has 2 atom stereocenters. The van der Waals surface area contributed by atoms with Crippen LogP contribution in [0.1, 0.15) is 45.9 Å². The van der Waals surface area contributed by atoms with Gasteiger partial charge in [0.25, 0.3) is 5.91 Å². The summed E-state index contributed by atoms with van der Waals surface area (Å²) in [7, 11) is 0. The number of carboxylic acid groups (broad SMARTS) is 1. The smallest absolute Gasteiger partial charge is 0.371 e. The Hall–Kier alpha value is -2.56. The number of carboxylic acids is 1. The highest BCUT2D eigenvalue weighted by Crippen LogP contribution is 2.33. The van der Waals surface area contributed by atoms with Gasteiger partial charge in [-0.2, -0.15) is 0 Å². The zero-order chi connectivity index (χ0) is 16.4. The Morgan fingerprint density at radius 1 is 1.13 bits per heavy atom. The van der Waals surface area contributed by atoms with Crippen molar-refractivity contribution in [1.82, 2.24) is 4.90 Å². The molecule has 1 saturated heterocycles. The van der Waals surface area contributed by atoms with Crippen LogP contribution in [0, 0.1) is 5.92 Å². The van der Waals surface area contributed by atoms with Crippen molar-refractivity contribution in [2.75, 3.05) is 13.1 Å². The monoisotopic (exact) mass is 313 g/mol. The standard InChI is InChI=1S/C18H19NO4/c1-12-11-19(10-9-14(12)13-5-3-2-4-6-13)17(20)15-7-8-16(23-15)18(21)22/h2-8,12,14H,9-11H2,1H3,(H,21,22). The normalized spacial score (nSPS) is 21.2. The SMILES string of the molecule is CC1CN(C(=O)c2ccc(C(=O)O)o2)CCC1c1ccccc1. The zero-order valence-corrected chi connectivity index (χ0v) is 12.9. The zero-order valence-electron chi connectivity index (χ0n) is 12.9. The summed E-state index contributed by atoms with van der Waals surface area (Å²) in [4.78, 5) is 25.1. The molecule has 0 aliphatic carbocycles. The van der Waals surface area contributed by atoms with Crippen molar-refractivity contribution in [2.24, 2.45) is 5.92 Å². The predicted octanol–water partition coefficient (Wildman–Crippen LogP) is 3.24. The van der Waals surface area contributed by atoms with Crippen LogP contribution in [-0.2, 0) is 0 Å². The average Bonchev–Trinajstić information content (AvgIpc) is 3.05. The van der Waals surface area contributed by atoms with E-state index in [0.717, 1.165) is 6.42 Å². The quantitative estimate of drug-likeness (QED) is 0.944. The molecule has 5 nitrogen and oxygen atoms in total. The summed E-state index contributed by atoms with van der Waals surface area (Å²) >= 11 is 0. The summed E-state index contributed by atoms with van der Waals surface area (Å²) in [6.07, 6.45) is 0.892. The maximum Gasteiger partial charge on any atom is 0.371 e. The van der Waals surface area contributed by atoms with E-state index in [0.29, 0.717) is 24.9 Å². The lowest BCUT2D eigenvalue weighted by molar-refractivity contribution is 0.0610. The number of benzene rings is 1. The van der Waals surface area contributed by atoms with Gasteiger partial charge in [0, 0.05) is 13.1 Å². The van der Waals surface area contributed by atoms with E-state index in [1.807, 2.05) is 18.2 Å². The van der Waals surface area contributed by atoms with Crippen molar-refractivity contribution in [3.63, 3.8) is 0 Å². The van der Waals surface area contributed by atoms with E-state index < -0.39 is 5.97 Å². The van der Waals surface area contributed by atoms with Crippen LogP contribution in [0.15, 0.2) is 46.9 Å². The number of hydrogen-bond donors (Lipinski definition) is 1. The van der Waals surface area contributed by atoms with E-state index in [9.17, 15) is 9.59 Å². The van der Waals surface area contributed by atoms with Gasteiger partial charge in [-0.3, -0.25) is 4.79 Å². The van der Waals surface area contributed by atoms with Crippen molar-refractivity contribution >= 4 is 11.9 Å². The van der Waals surface area contributed by atoms with Crippen LogP contribution in [0.25, 0.3) is 0 Å². The molecule has 2 aromatic rings. The summed E-state index contributed by atoms with van der Waals surface area (Å²) in [5.74, 6) is -0.750. The lowest BCUT2D eigenvalue weighted by atomic mass is 9.81. The van der Waals surface area contributed by atoms with Gasteiger partial charge in [-0.15, -0.1) is 0 Å². The first-order valence-corrected chi connectivity index (χ1v) is 7.73. The molecular formula is C18H19NO4. The summed E-state index contributed by atoms with van der Waals surface area (Å²) in [6.45, 7) is 3.43. The molecule has 1 aromatic heterocycles. The maximum absolute atomic E-state index is 12.5. The molecule has 2 heterocycles. The maximum atomic E-state index is 12.5. The summed E-state index contributed by atoms with van der Waals surface area (Å²) in [5.41, 5.74) is 1.30. The fourth-order valence-corrected chi connectivity index (χ4v) is 3.25. The number of furan rings is 1. The number of rotatable bonds is 3. The average molecular weight is 313 g/mol. The first kappa shape index (κ1) is 15.3. The molecule has 1 fully saturated rings. The minimum atomic E-state index is -1.17. The van der Waals surface area contributed by atoms with Crippen molar-refractivity contribution in [1.29, 1.82) is 0 Å². The number of carbonyl (C=O) groups excluding carboxylic acids is 1. The third-order valence-electron chi connectivity index (χ3n) is 4.45. The molecule has 2 unspecified atom stereocenters. The van der Waals surface area contributed by atoms with Crippen LogP contribution in [-0.4, -0.2) is 35.0 Å². The molecule has 0 radical (unpaired) electrons. The Balaban J connectivity index is 1.69. The molecule has 120 valence electrons. The Kier molecular flexibility index (Phi) is 4.19. The van der Waals surface area contributed by atoms with E-state index in [2.05, 4.69) is 19.1 Å². The van der Waals surface area contributed by atoms with Crippen molar-refractivity contribution in [3.05, 3.63) is 59.5 Å². The number of aromatic carboxylic acids is 1. The minimum Gasteiger partial charge on any atom is -0.475 e. The number of amides is 1. The lowest BCUT2D eigenvalue weighted by Crippen LogP contribution is -2.42. The van der Waals surface area contributed by atoms with Gasteiger partial charge in [0.05, 0.1) is 0 Å². The molecule has 1 aliphatic heterocycles. The molecule has 1 aromatic carbocycles. The number of piperidine rings is 1. The largest absolute Gasteiger partial charge is 0.475 e. The summed E-state index contributed by atoms with van der Waals surface area (Å²) in [6, 6.07) is 13.1. The molecule has 3 rings (SSSR count). The fraction of sp³-hybridized carbons (Fsp3) is 0.333. The minimum absolute atomic E-state index is 0.0905. The first-order chi connectivity index (χ1) is 11.1. The third kappa shape index (κ3) is 3.13. The van der Waals surface area contributed by atoms with Gasteiger partial charge in [0.1, 0.15) is 0 Å². The van der Waals surface area contributed by atoms with Crippen molar-refractivity contribution < 1.29 is 19.1 Å². The van der Waals surface area contributed by atoms with Crippen LogP contribution in [0.5, 0.6) is 0 Å². The highest BCUT2D eigenvalue weighted by atomic mass is 16.4. The molecule has 1 N–H and O–H groups in total. The first-order valence-electron chi connectivity index (χ1n) is 7.73. The van der Waals surface area contributed by atoms with E-state index in [1.54, 1.807) is 4.90 Å². The Morgan fingerprint density at radius 2 is 1.83 bits per heavy atom. The van der Waals surface area contributed by atoms with Crippen molar-refractivity contribution in [2.45, 2.75) is 19.3 Å². The number of nitrogens with zero attached hydrogens (tertiary/aromatic N) is 1. The van der Waals surface area contributed by atoms with E-state index in [4.69, 9.17) is 9.52 Å². The summed E-state index contributed by atoms with van der Waals surface area (Å²) < 4.78 is 5.12. The predicted molar refractivity (Wildman–Crippen MR) is 84.5 cm³/mol. The van der Waals surface area contributed by atoms with E-state index >= 15 is 0 Å². The van der Waals surface area contributed by atoms with Gasteiger partial charge in [-0.05, 0) is 36.0 Å². The molecule has 5 heteroatoms. The molecule has 0 saturated carbocycles. The second kappa shape index (κ2) is 6.28. The third-order valence-corrected chi connectivity index (χ3v) is 4.45. The van der Waals surface area contributed by atoms with Gasteiger partial charge in [-0.25, -0.2) is 4.79 Å². The number of hydrogen-bond acceptors (Lipinski definition) is 3. The Morgan fingerprint density at radius 3 is 2.43 bits per heavy atom. The van der Waals surface area contributed by atoms with E-state index in [-0.39, 0.29) is 17.4 Å². The molecular weight excluding hydrogens is 294 g/mol. The lowest BCUT2D eigenvalue weighted by Gasteiger charge is -2.36. The van der Waals surface area contributed by atoms with E-state index in [1.165, 1.54) is 17.7 Å². The van der Waals surface area contributed by atoms with Gasteiger partial charge in [0.2, 0.25) is 5.76 Å². The highest BCUT2D eigenvalue weighted by Gasteiger charge is 2.31. The van der Waals surface area contributed by atoms with Gasteiger partial charge in [0.15, 0.2) is 5.76 Å². The van der Waals surface area contributed by atoms with Crippen LogP contribution in [0.2, 0.25) is 0 Å².